The van der Waals surface area contributed by atoms with Crippen LogP contribution in [-0.4, -0.2) is 40.8 Å². The molecule has 3 N–H and O–H groups in total. The first-order valence-electron chi connectivity index (χ1n) is 5.84. The number of aliphatic hydroxyl groups excluding tert-OH is 1. The number of nitrogens with one attached hydrogen (secondary N) is 1. The summed E-state index contributed by atoms with van der Waals surface area (Å²) in [5.41, 5.74) is 0.916. The van der Waals surface area contributed by atoms with Gasteiger partial charge in [0.2, 0.25) is 5.91 Å². The number of hydrogen-bond acceptors (Lipinski definition) is 4. The lowest BCUT2D eigenvalue weighted by molar-refractivity contribution is -0.145. The molecule has 0 aromatic heterocycles. The monoisotopic (exact) mass is 267 g/mol. The van der Waals surface area contributed by atoms with E-state index >= 15 is 0 Å². The average Bonchev–Trinajstić information content (AvgIpc) is 2.42. The van der Waals surface area contributed by atoms with E-state index in [4.69, 9.17) is 14.9 Å². The zero-order valence-corrected chi connectivity index (χ0v) is 10.6. The number of carboxylic acids is 1. The van der Waals surface area contributed by atoms with Gasteiger partial charge in [-0.05, 0) is 12.5 Å². The summed E-state index contributed by atoms with van der Waals surface area (Å²) in [6.07, 6.45) is -0.798. The first kappa shape index (κ1) is 15.1. The third-order valence-electron chi connectivity index (χ3n) is 2.51. The van der Waals surface area contributed by atoms with Crippen molar-refractivity contribution in [3.05, 3.63) is 35.9 Å². The van der Waals surface area contributed by atoms with Crippen molar-refractivity contribution in [1.29, 1.82) is 0 Å². The number of amides is 1. The average molecular weight is 267 g/mol. The third kappa shape index (κ3) is 5.07. The molecule has 6 heteroatoms. The van der Waals surface area contributed by atoms with Crippen molar-refractivity contribution in [3.63, 3.8) is 0 Å². The molecule has 0 heterocycles. The number of carbonyl (C=O) groups is 2. The fraction of sp³-hybridized carbons (Fsp3) is 0.385. The van der Waals surface area contributed by atoms with Crippen molar-refractivity contribution < 1.29 is 24.5 Å². The minimum Gasteiger partial charge on any atom is -0.480 e. The summed E-state index contributed by atoms with van der Waals surface area (Å²) < 4.78 is 5.33. The molecule has 1 unspecified atom stereocenters. The number of rotatable bonds is 7. The Morgan fingerprint density at radius 1 is 1.32 bits per heavy atom. The van der Waals surface area contributed by atoms with E-state index in [0.29, 0.717) is 0 Å². The Kier molecular flexibility index (Phi) is 5.98. The second kappa shape index (κ2) is 7.50. The highest BCUT2D eigenvalue weighted by Gasteiger charge is 2.22. The number of ether oxygens (including phenoxy) is 1. The van der Waals surface area contributed by atoms with Gasteiger partial charge < -0.3 is 20.3 Å². The molecule has 0 fully saturated rings. The molecule has 0 aliphatic carbocycles. The van der Waals surface area contributed by atoms with Gasteiger partial charge in [-0.25, -0.2) is 4.79 Å². The van der Waals surface area contributed by atoms with Crippen LogP contribution in [0.25, 0.3) is 0 Å². The molecule has 1 aromatic rings. The van der Waals surface area contributed by atoms with Gasteiger partial charge in [-0.1, -0.05) is 30.3 Å². The van der Waals surface area contributed by atoms with Gasteiger partial charge >= 0.3 is 5.97 Å². The zero-order valence-electron chi connectivity index (χ0n) is 10.6. The van der Waals surface area contributed by atoms with Gasteiger partial charge in [0.15, 0.2) is 0 Å². The summed E-state index contributed by atoms with van der Waals surface area (Å²) in [6, 6.07) is 8.00. The highest BCUT2D eigenvalue weighted by molar-refractivity contribution is 5.86. The number of aliphatic hydroxyl groups is 1. The highest BCUT2D eigenvalue weighted by Crippen LogP contribution is 2.03. The Morgan fingerprint density at radius 3 is 2.47 bits per heavy atom. The van der Waals surface area contributed by atoms with Crippen molar-refractivity contribution in [1.82, 2.24) is 5.32 Å². The lowest BCUT2D eigenvalue weighted by atomic mass is 10.2. The van der Waals surface area contributed by atoms with Gasteiger partial charge in [0.1, 0.15) is 12.1 Å². The lowest BCUT2D eigenvalue weighted by Crippen LogP contribution is -2.47. The topological polar surface area (TPSA) is 95.9 Å². The quantitative estimate of drug-likeness (QED) is 0.653. The molecule has 0 saturated carbocycles. The molecule has 1 amide bonds. The second-order valence-corrected chi connectivity index (χ2v) is 4.02. The first-order valence-corrected chi connectivity index (χ1v) is 5.84. The zero-order chi connectivity index (χ0) is 14.3. The van der Waals surface area contributed by atoms with E-state index in [0.717, 1.165) is 5.56 Å². The third-order valence-corrected chi connectivity index (χ3v) is 2.51. The molecule has 104 valence electrons. The van der Waals surface area contributed by atoms with Crippen molar-refractivity contribution in [2.24, 2.45) is 0 Å². The molecule has 0 saturated heterocycles. The smallest absolute Gasteiger partial charge is 0.328 e. The number of carboxylic acid groups (broad SMARTS) is 1. The Bertz CT molecular complexity index is 420. The Morgan fingerprint density at radius 2 is 1.95 bits per heavy atom. The standard InChI is InChI=1S/C13H17NO5/c1-9(12(16)14-11(7-15)13(17)18)19-8-10-5-3-2-4-6-10/h2-6,9,11,15H,7-8H2,1H3,(H,14,16)(H,17,18)/t9?,11-/m0/s1. The number of aliphatic carboxylic acids is 1. The van der Waals surface area contributed by atoms with Crippen LogP contribution in [-0.2, 0) is 20.9 Å². The lowest BCUT2D eigenvalue weighted by Gasteiger charge is -2.16. The largest absolute Gasteiger partial charge is 0.480 e. The van der Waals surface area contributed by atoms with E-state index < -0.39 is 30.6 Å². The number of benzene rings is 1. The molecule has 6 nitrogen and oxygen atoms in total. The van der Waals surface area contributed by atoms with Crippen LogP contribution in [0.3, 0.4) is 0 Å². The molecule has 19 heavy (non-hydrogen) atoms. The van der Waals surface area contributed by atoms with Gasteiger partial charge in [-0.15, -0.1) is 0 Å². The van der Waals surface area contributed by atoms with Crippen molar-refractivity contribution in [2.75, 3.05) is 6.61 Å². The molecule has 2 atom stereocenters. The van der Waals surface area contributed by atoms with Crippen LogP contribution in [0.15, 0.2) is 30.3 Å². The highest BCUT2D eigenvalue weighted by atomic mass is 16.5. The summed E-state index contributed by atoms with van der Waals surface area (Å²) in [7, 11) is 0. The van der Waals surface area contributed by atoms with Gasteiger partial charge in [-0.3, -0.25) is 4.79 Å². The fourth-order valence-electron chi connectivity index (χ4n) is 1.35. The molecule has 0 aliphatic heterocycles. The summed E-state index contributed by atoms with van der Waals surface area (Å²) in [6.45, 7) is 1.12. The van der Waals surface area contributed by atoms with Gasteiger partial charge in [0.05, 0.1) is 13.2 Å². The van der Waals surface area contributed by atoms with E-state index in [1.807, 2.05) is 30.3 Å². The van der Waals surface area contributed by atoms with Crippen LogP contribution in [0.4, 0.5) is 0 Å². The maximum absolute atomic E-state index is 11.6. The van der Waals surface area contributed by atoms with Crippen LogP contribution in [0.5, 0.6) is 0 Å². The minimum absolute atomic E-state index is 0.256. The molecule has 0 bridgehead atoms. The Labute approximate surface area is 111 Å². The summed E-state index contributed by atoms with van der Waals surface area (Å²) in [4.78, 5) is 22.3. The van der Waals surface area contributed by atoms with Crippen LogP contribution >= 0.6 is 0 Å². The van der Waals surface area contributed by atoms with Crippen molar-refractivity contribution >= 4 is 11.9 Å². The fourth-order valence-corrected chi connectivity index (χ4v) is 1.35. The SMILES string of the molecule is CC(OCc1ccccc1)C(=O)N[C@@H](CO)C(=O)O. The van der Waals surface area contributed by atoms with E-state index in [-0.39, 0.29) is 6.61 Å². The van der Waals surface area contributed by atoms with Gasteiger partial charge in [0.25, 0.3) is 0 Å². The molecule has 0 aliphatic rings. The second-order valence-electron chi connectivity index (χ2n) is 4.02. The van der Waals surface area contributed by atoms with Gasteiger partial charge in [0, 0.05) is 0 Å². The van der Waals surface area contributed by atoms with Crippen LogP contribution in [0.2, 0.25) is 0 Å². The molecular formula is C13H17NO5. The molecular weight excluding hydrogens is 250 g/mol. The van der Waals surface area contributed by atoms with Crippen molar-refractivity contribution in [2.45, 2.75) is 25.7 Å². The van der Waals surface area contributed by atoms with E-state index in [1.165, 1.54) is 6.92 Å². The normalized spacial score (nSPS) is 13.6. The van der Waals surface area contributed by atoms with Crippen molar-refractivity contribution in [3.8, 4) is 0 Å². The summed E-state index contributed by atoms with van der Waals surface area (Å²) in [5.74, 6) is -1.86. The molecule has 1 rings (SSSR count). The first-order chi connectivity index (χ1) is 9.04. The van der Waals surface area contributed by atoms with Gasteiger partial charge in [-0.2, -0.15) is 0 Å². The van der Waals surface area contributed by atoms with Crippen LogP contribution in [0, 0.1) is 0 Å². The molecule has 0 spiro atoms. The molecule has 0 radical (unpaired) electrons. The van der Waals surface area contributed by atoms with E-state index in [9.17, 15) is 9.59 Å². The summed E-state index contributed by atoms with van der Waals surface area (Å²) in [5, 5.41) is 19.7. The maximum atomic E-state index is 11.6. The summed E-state index contributed by atoms with van der Waals surface area (Å²) >= 11 is 0. The minimum atomic E-state index is -1.31. The molecule has 1 aromatic carbocycles. The Hall–Kier alpha value is -1.92. The predicted octanol–water partition coefficient (Wildman–Crippen LogP) is 0.153. The Balaban J connectivity index is 2.42. The van der Waals surface area contributed by atoms with Crippen LogP contribution in [0.1, 0.15) is 12.5 Å². The number of carbonyl (C=O) groups excluding carboxylic acids is 1. The van der Waals surface area contributed by atoms with E-state index in [1.54, 1.807) is 0 Å². The maximum Gasteiger partial charge on any atom is 0.328 e. The number of hydrogen-bond donors (Lipinski definition) is 3. The van der Waals surface area contributed by atoms with Crippen LogP contribution < -0.4 is 5.32 Å². The van der Waals surface area contributed by atoms with E-state index in [2.05, 4.69) is 5.32 Å². The predicted molar refractivity (Wildman–Crippen MR) is 67.3 cm³/mol.